The highest BCUT2D eigenvalue weighted by Crippen LogP contribution is 2.00. The minimum Gasteiger partial charge on any atom is -0.468 e. The molecule has 0 spiro atoms. The van der Waals surface area contributed by atoms with Gasteiger partial charge in [0.25, 0.3) is 0 Å². The second-order valence-corrected chi connectivity index (χ2v) is 3.59. The highest BCUT2D eigenvalue weighted by molar-refractivity contribution is 9.10. The van der Waals surface area contributed by atoms with Crippen molar-refractivity contribution >= 4 is 21.9 Å². The molecule has 0 amide bonds. The zero-order chi connectivity index (χ0) is 9.56. The molecule has 0 radical (unpaired) electrons. The Morgan fingerprint density at radius 2 is 2.33 bits per heavy atom. The van der Waals surface area contributed by atoms with Crippen molar-refractivity contribution in [3.63, 3.8) is 0 Å². The van der Waals surface area contributed by atoms with E-state index in [1.165, 1.54) is 7.11 Å². The molecule has 12 heavy (non-hydrogen) atoms. The fourth-order valence-electron chi connectivity index (χ4n) is 0.580. The molecule has 0 saturated heterocycles. The fourth-order valence-corrected chi connectivity index (χ4v) is 0.954. The number of alkyl halides is 1. The number of rotatable bonds is 5. The van der Waals surface area contributed by atoms with E-state index in [1.807, 2.05) is 6.92 Å². The summed E-state index contributed by atoms with van der Waals surface area (Å²) in [5.74, 6) is -0.312. The molecule has 0 fully saturated rings. The van der Waals surface area contributed by atoms with Crippen LogP contribution < -0.4 is 5.32 Å². The molecule has 0 aliphatic heterocycles. The highest BCUT2D eigenvalue weighted by atomic mass is 79.9. The molecule has 5 heteroatoms. The van der Waals surface area contributed by atoms with Crippen LogP contribution in [0.15, 0.2) is 0 Å². The molecule has 0 aliphatic carbocycles. The van der Waals surface area contributed by atoms with E-state index >= 15 is 0 Å². The van der Waals surface area contributed by atoms with Crippen LogP contribution in [0.3, 0.4) is 0 Å². The lowest BCUT2D eigenvalue weighted by molar-refractivity contribution is -0.139. The molecule has 0 rings (SSSR count). The van der Waals surface area contributed by atoms with Gasteiger partial charge in [-0.25, -0.2) is 0 Å². The number of nitrogens with one attached hydrogen (secondary N) is 1. The zero-order valence-corrected chi connectivity index (χ0v) is 8.80. The summed E-state index contributed by atoms with van der Waals surface area (Å²) >= 11 is 3.14. The predicted molar refractivity (Wildman–Crippen MR) is 49.3 cm³/mol. The van der Waals surface area contributed by atoms with Crippen LogP contribution in [0.5, 0.6) is 0 Å². The fraction of sp³-hybridized carbons (Fsp3) is 0.857. The van der Waals surface area contributed by atoms with Crippen molar-refractivity contribution in [1.29, 1.82) is 0 Å². The van der Waals surface area contributed by atoms with Gasteiger partial charge < -0.3 is 15.2 Å². The van der Waals surface area contributed by atoms with Crippen LogP contribution in [0.4, 0.5) is 0 Å². The van der Waals surface area contributed by atoms with Crippen molar-refractivity contribution in [3.05, 3.63) is 0 Å². The average molecular weight is 240 g/mol. The normalized spacial score (nSPS) is 15.3. The summed E-state index contributed by atoms with van der Waals surface area (Å²) in [6.45, 7) is 2.34. The van der Waals surface area contributed by atoms with Crippen LogP contribution >= 0.6 is 15.9 Å². The zero-order valence-electron chi connectivity index (χ0n) is 7.21. The third-order valence-electron chi connectivity index (χ3n) is 1.38. The van der Waals surface area contributed by atoms with Gasteiger partial charge in [0.1, 0.15) is 4.83 Å². The van der Waals surface area contributed by atoms with Crippen LogP contribution in [0.25, 0.3) is 0 Å². The van der Waals surface area contributed by atoms with E-state index in [1.54, 1.807) is 0 Å². The molecule has 0 aromatic heterocycles. The molecule has 0 heterocycles. The van der Waals surface area contributed by atoms with Crippen LogP contribution in [-0.2, 0) is 9.53 Å². The molecule has 0 aromatic rings. The number of carbonyl (C=O) groups is 1. The first-order chi connectivity index (χ1) is 5.61. The van der Waals surface area contributed by atoms with E-state index in [0.29, 0.717) is 6.54 Å². The lowest BCUT2D eigenvalue weighted by Crippen LogP contribution is -2.37. The Morgan fingerprint density at radius 1 is 1.75 bits per heavy atom. The predicted octanol–water partition coefficient (Wildman–Crippen LogP) is -0.107. The number of halogens is 1. The second kappa shape index (κ2) is 6.39. The summed E-state index contributed by atoms with van der Waals surface area (Å²) in [6.07, 6.45) is 0. The molecule has 2 N–H and O–H groups in total. The van der Waals surface area contributed by atoms with Gasteiger partial charge in [0.15, 0.2) is 0 Å². The lowest BCUT2D eigenvalue weighted by atomic mass is 10.3. The molecule has 2 unspecified atom stereocenters. The van der Waals surface area contributed by atoms with Gasteiger partial charge in [0.05, 0.1) is 13.7 Å². The third kappa shape index (κ3) is 4.69. The summed E-state index contributed by atoms with van der Waals surface area (Å²) in [5, 5.41) is 11.6. The van der Waals surface area contributed by atoms with E-state index < -0.39 is 0 Å². The molecule has 4 nitrogen and oxygen atoms in total. The molecule has 72 valence electrons. The Kier molecular flexibility index (Phi) is 6.32. The van der Waals surface area contributed by atoms with Gasteiger partial charge in [-0.2, -0.15) is 0 Å². The maximum Gasteiger partial charge on any atom is 0.320 e. The van der Waals surface area contributed by atoms with Gasteiger partial charge in [-0.3, -0.25) is 4.79 Å². The van der Waals surface area contributed by atoms with Crippen molar-refractivity contribution < 1.29 is 14.6 Å². The molecular weight excluding hydrogens is 226 g/mol. The maximum atomic E-state index is 10.8. The van der Waals surface area contributed by atoms with E-state index in [0.717, 1.165) is 0 Å². The van der Waals surface area contributed by atoms with Gasteiger partial charge >= 0.3 is 5.97 Å². The largest absolute Gasteiger partial charge is 0.468 e. The first-order valence-corrected chi connectivity index (χ1v) is 4.59. The quantitative estimate of drug-likeness (QED) is 0.520. The lowest BCUT2D eigenvalue weighted by Gasteiger charge is -2.12. The van der Waals surface area contributed by atoms with Crippen LogP contribution in [0.2, 0.25) is 0 Å². The van der Waals surface area contributed by atoms with Crippen molar-refractivity contribution in [2.24, 2.45) is 0 Å². The number of methoxy groups -OCH3 is 1. The standard InChI is InChI=1S/C7H14BrNO3/c1-5(4-10)9-3-6(8)7(11)12-2/h5-6,9-10H,3-4H2,1-2H3. The van der Waals surface area contributed by atoms with Gasteiger partial charge in [-0.15, -0.1) is 0 Å². The van der Waals surface area contributed by atoms with Crippen LogP contribution in [0.1, 0.15) is 6.92 Å². The van der Waals surface area contributed by atoms with E-state index in [2.05, 4.69) is 26.0 Å². The SMILES string of the molecule is COC(=O)C(Br)CNC(C)CO. The first-order valence-electron chi connectivity index (χ1n) is 3.68. The van der Waals surface area contributed by atoms with E-state index in [9.17, 15) is 4.79 Å². The Bertz CT molecular complexity index is 143. The Labute approximate surface area is 80.4 Å². The number of aliphatic hydroxyl groups excluding tert-OH is 1. The van der Waals surface area contributed by atoms with Crippen LogP contribution in [0, 0.1) is 0 Å². The maximum absolute atomic E-state index is 10.8. The van der Waals surface area contributed by atoms with Crippen molar-refractivity contribution in [1.82, 2.24) is 5.32 Å². The summed E-state index contributed by atoms with van der Waals surface area (Å²) in [6, 6.07) is -0.00490. The smallest absolute Gasteiger partial charge is 0.320 e. The van der Waals surface area contributed by atoms with Gasteiger partial charge in [-0.1, -0.05) is 15.9 Å². The number of hydrogen-bond acceptors (Lipinski definition) is 4. The molecule has 0 aliphatic rings. The summed E-state index contributed by atoms with van der Waals surface area (Å²) < 4.78 is 4.49. The second-order valence-electron chi connectivity index (χ2n) is 2.48. The highest BCUT2D eigenvalue weighted by Gasteiger charge is 2.15. The van der Waals surface area contributed by atoms with Crippen molar-refractivity contribution in [3.8, 4) is 0 Å². The number of esters is 1. The Morgan fingerprint density at radius 3 is 2.75 bits per heavy atom. The summed E-state index contributed by atoms with van der Waals surface area (Å²) in [5.41, 5.74) is 0. The van der Waals surface area contributed by atoms with Crippen LogP contribution in [-0.4, -0.2) is 42.2 Å². The third-order valence-corrected chi connectivity index (χ3v) is 2.07. The van der Waals surface area contributed by atoms with Gasteiger partial charge in [0.2, 0.25) is 0 Å². The summed E-state index contributed by atoms with van der Waals surface area (Å²) in [4.78, 5) is 10.5. The average Bonchev–Trinajstić information content (AvgIpc) is 2.11. The number of ether oxygens (including phenoxy) is 1. The Balaban J connectivity index is 3.56. The Hall–Kier alpha value is -0.130. The first kappa shape index (κ1) is 11.9. The van der Waals surface area contributed by atoms with E-state index in [-0.39, 0.29) is 23.4 Å². The number of carbonyl (C=O) groups excluding carboxylic acids is 1. The van der Waals surface area contributed by atoms with Crippen molar-refractivity contribution in [2.75, 3.05) is 20.3 Å². The molecule has 0 aromatic carbocycles. The monoisotopic (exact) mass is 239 g/mol. The molecule has 0 bridgehead atoms. The summed E-state index contributed by atoms with van der Waals surface area (Å²) in [7, 11) is 1.34. The van der Waals surface area contributed by atoms with Gasteiger partial charge in [-0.05, 0) is 6.92 Å². The molecular formula is C7H14BrNO3. The minimum absolute atomic E-state index is 0.00490. The number of aliphatic hydroxyl groups is 1. The topological polar surface area (TPSA) is 58.6 Å². The molecule has 0 saturated carbocycles. The van der Waals surface area contributed by atoms with E-state index in [4.69, 9.17) is 5.11 Å². The number of hydrogen-bond donors (Lipinski definition) is 2. The molecule has 2 atom stereocenters. The van der Waals surface area contributed by atoms with Crippen molar-refractivity contribution in [2.45, 2.75) is 17.8 Å². The minimum atomic E-state index is -0.350. The van der Waals surface area contributed by atoms with Gasteiger partial charge in [0, 0.05) is 12.6 Å².